The van der Waals surface area contributed by atoms with E-state index < -0.39 is 0 Å². The summed E-state index contributed by atoms with van der Waals surface area (Å²) < 4.78 is 25.7. The molecule has 0 fully saturated rings. The van der Waals surface area contributed by atoms with Crippen LogP contribution >= 0.6 is 11.6 Å². The third kappa shape index (κ3) is 8.00. The number of halogens is 1. The van der Waals surface area contributed by atoms with Gasteiger partial charge in [0.05, 0.1) is 38.6 Å². The van der Waals surface area contributed by atoms with E-state index in [0.717, 1.165) is 16.9 Å². The quantitative estimate of drug-likeness (QED) is 0.318. The number of nitrogens with zero attached hydrogens (tertiary/aromatic N) is 3. The summed E-state index contributed by atoms with van der Waals surface area (Å²) in [4.78, 5) is 15.4. The molecule has 10 heteroatoms. The molecule has 41 heavy (non-hydrogen) atoms. The van der Waals surface area contributed by atoms with Gasteiger partial charge in [0, 0.05) is 36.1 Å². The lowest BCUT2D eigenvalue weighted by Crippen LogP contribution is -2.35. The van der Waals surface area contributed by atoms with Crippen LogP contribution in [0.2, 0.25) is 5.02 Å². The van der Waals surface area contributed by atoms with E-state index in [1.807, 2.05) is 65.2 Å². The molecule has 3 aromatic carbocycles. The molecule has 1 N–H and O–H groups in total. The van der Waals surface area contributed by atoms with Crippen molar-refractivity contribution < 1.29 is 23.7 Å². The molecular formula is C31H33ClN4O5. The third-order valence-corrected chi connectivity index (χ3v) is 6.65. The van der Waals surface area contributed by atoms with Gasteiger partial charge in [-0.3, -0.25) is 14.4 Å². The Labute approximate surface area is 244 Å². The number of nitrogens with one attached hydrogen (secondary N) is 1. The Morgan fingerprint density at radius 2 is 1.85 bits per heavy atom. The molecule has 0 saturated carbocycles. The number of amides is 1. The molecule has 0 bridgehead atoms. The molecule has 214 valence electrons. The summed E-state index contributed by atoms with van der Waals surface area (Å²) in [5.41, 5.74) is 2.54. The third-order valence-electron chi connectivity index (χ3n) is 6.41. The van der Waals surface area contributed by atoms with Gasteiger partial charge in [-0.15, -0.1) is 0 Å². The Hall–Kier alpha value is -4.05. The van der Waals surface area contributed by atoms with Crippen LogP contribution in [0.1, 0.15) is 18.1 Å². The molecule has 0 unspecified atom stereocenters. The zero-order chi connectivity index (χ0) is 28.4. The van der Waals surface area contributed by atoms with E-state index in [1.165, 1.54) is 0 Å². The first-order valence-electron chi connectivity index (χ1n) is 13.6. The van der Waals surface area contributed by atoms with Crippen molar-refractivity contribution in [1.29, 1.82) is 0 Å². The molecule has 1 aliphatic heterocycles. The van der Waals surface area contributed by atoms with E-state index in [9.17, 15) is 4.79 Å². The minimum Gasteiger partial charge on any atom is -0.494 e. The van der Waals surface area contributed by atoms with Crippen LogP contribution in [0.25, 0.3) is 0 Å². The van der Waals surface area contributed by atoms with E-state index in [2.05, 4.69) is 16.5 Å². The van der Waals surface area contributed by atoms with Crippen molar-refractivity contribution in [2.75, 3.05) is 44.8 Å². The van der Waals surface area contributed by atoms with Crippen molar-refractivity contribution in [1.82, 2.24) is 14.7 Å². The predicted octanol–water partition coefficient (Wildman–Crippen LogP) is 5.63. The standard InChI is InChI=1S/C31H33ClN4O5/c1-2-39-27-10-8-23(18-24(27)21-36-13-5-12-33-36)20-35-14-15-38-16-17-40-29-6-3-4-7-30(29)41-28-11-9-25(32)19-26(28)34-31(37)22-35/h3-13,18-19H,2,14-17,20-22H2,1H3,(H,34,37). The second-order valence-electron chi connectivity index (χ2n) is 9.49. The molecule has 0 atom stereocenters. The highest BCUT2D eigenvalue weighted by Crippen LogP contribution is 2.36. The van der Waals surface area contributed by atoms with Crippen LogP contribution in [-0.2, 0) is 22.6 Å². The Bertz CT molecular complexity index is 1450. The molecule has 0 saturated heterocycles. The van der Waals surface area contributed by atoms with Crippen molar-refractivity contribution >= 4 is 23.2 Å². The summed E-state index contributed by atoms with van der Waals surface area (Å²) in [6.07, 6.45) is 3.68. The van der Waals surface area contributed by atoms with Crippen molar-refractivity contribution in [2.24, 2.45) is 0 Å². The summed E-state index contributed by atoms with van der Waals surface area (Å²) in [5.74, 6) is 2.20. The van der Waals surface area contributed by atoms with E-state index >= 15 is 0 Å². The number of rotatable bonds is 6. The maximum atomic E-state index is 13.3. The monoisotopic (exact) mass is 576 g/mol. The molecule has 0 spiro atoms. The van der Waals surface area contributed by atoms with Gasteiger partial charge >= 0.3 is 0 Å². The van der Waals surface area contributed by atoms with Gasteiger partial charge in [-0.1, -0.05) is 29.8 Å². The summed E-state index contributed by atoms with van der Waals surface area (Å²) in [7, 11) is 0. The fraction of sp³-hybridized carbons (Fsp3) is 0.290. The zero-order valence-electron chi connectivity index (χ0n) is 22.9. The molecule has 1 amide bonds. The maximum Gasteiger partial charge on any atom is 0.238 e. The number of aromatic nitrogens is 2. The van der Waals surface area contributed by atoms with Gasteiger partial charge in [-0.25, -0.2) is 0 Å². The zero-order valence-corrected chi connectivity index (χ0v) is 23.7. The van der Waals surface area contributed by atoms with Crippen LogP contribution in [0.4, 0.5) is 5.69 Å². The molecule has 1 aliphatic rings. The number of hydrogen-bond acceptors (Lipinski definition) is 7. The molecule has 2 heterocycles. The highest BCUT2D eigenvalue weighted by Gasteiger charge is 2.17. The first-order chi connectivity index (χ1) is 20.1. The second kappa shape index (κ2) is 14.0. The Balaban J connectivity index is 1.36. The SMILES string of the molecule is CCOc1ccc(CN2CCOCCOc3ccccc3Oc3ccc(Cl)cc3NC(=O)C2)cc1Cn1cccn1. The highest BCUT2D eigenvalue weighted by atomic mass is 35.5. The first kappa shape index (κ1) is 28.5. The largest absolute Gasteiger partial charge is 0.494 e. The normalized spacial score (nSPS) is 14.8. The van der Waals surface area contributed by atoms with Crippen molar-refractivity contribution in [3.05, 3.63) is 95.3 Å². The summed E-state index contributed by atoms with van der Waals surface area (Å²) in [6.45, 7) is 5.55. The Kier molecular flexibility index (Phi) is 9.74. The number of benzene rings is 3. The predicted molar refractivity (Wildman–Crippen MR) is 157 cm³/mol. The number of ether oxygens (including phenoxy) is 4. The van der Waals surface area contributed by atoms with Gasteiger partial charge in [0.1, 0.15) is 12.4 Å². The average molecular weight is 577 g/mol. The Morgan fingerprint density at radius 3 is 2.68 bits per heavy atom. The lowest BCUT2D eigenvalue weighted by molar-refractivity contribution is -0.117. The van der Waals surface area contributed by atoms with E-state index in [1.54, 1.807) is 24.4 Å². The second-order valence-corrected chi connectivity index (χ2v) is 9.92. The smallest absolute Gasteiger partial charge is 0.238 e. The topological polar surface area (TPSA) is 87.1 Å². The molecular weight excluding hydrogens is 544 g/mol. The molecule has 0 radical (unpaired) electrons. The van der Waals surface area contributed by atoms with Crippen LogP contribution in [0.3, 0.4) is 0 Å². The Morgan fingerprint density at radius 1 is 0.976 bits per heavy atom. The number of carbonyl (C=O) groups is 1. The highest BCUT2D eigenvalue weighted by molar-refractivity contribution is 6.31. The molecule has 5 rings (SSSR count). The van der Waals surface area contributed by atoms with Gasteiger partial charge in [0.15, 0.2) is 17.2 Å². The first-order valence-corrected chi connectivity index (χ1v) is 14.0. The van der Waals surface area contributed by atoms with Gasteiger partial charge in [-0.2, -0.15) is 5.10 Å². The van der Waals surface area contributed by atoms with Crippen molar-refractivity contribution in [3.63, 3.8) is 0 Å². The fourth-order valence-electron chi connectivity index (χ4n) is 4.55. The van der Waals surface area contributed by atoms with Gasteiger partial charge in [0.2, 0.25) is 5.91 Å². The van der Waals surface area contributed by atoms with Crippen LogP contribution < -0.4 is 19.5 Å². The summed E-state index contributed by atoms with van der Waals surface area (Å²) in [5, 5.41) is 7.80. The average Bonchev–Trinajstić information content (AvgIpc) is 3.47. The van der Waals surface area contributed by atoms with Crippen LogP contribution in [0.15, 0.2) is 79.1 Å². The van der Waals surface area contributed by atoms with Crippen LogP contribution in [0, 0.1) is 0 Å². The van der Waals surface area contributed by atoms with Crippen molar-refractivity contribution in [2.45, 2.75) is 20.0 Å². The van der Waals surface area contributed by atoms with Gasteiger partial charge in [0.25, 0.3) is 0 Å². The fourth-order valence-corrected chi connectivity index (χ4v) is 4.72. The van der Waals surface area contributed by atoms with E-state index in [-0.39, 0.29) is 12.5 Å². The lowest BCUT2D eigenvalue weighted by atomic mass is 10.1. The number of fused-ring (bicyclic) bond motifs is 2. The molecule has 1 aromatic heterocycles. The summed E-state index contributed by atoms with van der Waals surface area (Å²) >= 11 is 6.28. The van der Waals surface area contributed by atoms with E-state index in [0.29, 0.717) is 74.0 Å². The number of anilines is 1. The number of hydrogen-bond donors (Lipinski definition) is 1. The maximum absolute atomic E-state index is 13.3. The van der Waals surface area contributed by atoms with Gasteiger partial charge in [-0.05, 0) is 61.0 Å². The van der Waals surface area contributed by atoms with Crippen molar-refractivity contribution in [3.8, 4) is 23.0 Å². The molecule has 0 aliphatic carbocycles. The van der Waals surface area contributed by atoms with Crippen LogP contribution in [-0.4, -0.2) is 60.1 Å². The van der Waals surface area contributed by atoms with Crippen LogP contribution in [0.5, 0.6) is 23.0 Å². The minimum absolute atomic E-state index is 0.143. The molecule has 4 aromatic rings. The minimum atomic E-state index is -0.195. The number of carbonyl (C=O) groups excluding carboxylic acids is 1. The summed E-state index contributed by atoms with van der Waals surface area (Å²) in [6, 6.07) is 20.5. The number of para-hydroxylation sites is 2. The molecule has 9 nitrogen and oxygen atoms in total. The lowest BCUT2D eigenvalue weighted by Gasteiger charge is -2.23. The van der Waals surface area contributed by atoms with Gasteiger partial charge < -0.3 is 24.3 Å². The van der Waals surface area contributed by atoms with E-state index in [4.69, 9.17) is 30.5 Å².